The Kier molecular flexibility index (Phi) is 11.6. The fourth-order valence-electron chi connectivity index (χ4n) is 5.57. The average Bonchev–Trinajstić information content (AvgIpc) is 3.43. The summed E-state index contributed by atoms with van der Waals surface area (Å²) in [5.41, 5.74) is 3.24. The van der Waals surface area contributed by atoms with Gasteiger partial charge in [0.2, 0.25) is 11.8 Å². The third-order valence-corrected chi connectivity index (χ3v) is 20.7. The second kappa shape index (κ2) is 14.6. The number of hydrogen-bond donors (Lipinski definition) is 2. The van der Waals surface area contributed by atoms with Crippen molar-refractivity contribution in [2.24, 2.45) is 5.73 Å². The standard InChI is InChI=1S/C35H54N4O10SSi2/c1-23-20-38(32(43)39(30(23)42)28(41)19-15-18-27(40)37-24-16-13-12-14-17-24)31-29(48-52(10,11)34(5,6)7)35(25(36)22-50(44,45)49-35)26(47-31)21-46-51(8,9)33(2,3)4/h12-14,16-17,20,22,26,29,31H,15,18-19,21,36H2,1-11H3,(H,37,40)/t26-,29+,31-,35-/m1/s1. The van der Waals surface area contributed by atoms with E-state index < -0.39 is 73.0 Å². The van der Waals surface area contributed by atoms with E-state index >= 15 is 0 Å². The molecule has 3 heterocycles. The number of hydrogen-bond acceptors (Lipinski definition) is 11. The molecule has 0 bridgehead atoms. The normalized spacial score (nSPS) is 23.5. The van der Waals surface area contributed by atoms with Gasteiger partial charge in [0.15, 0.2) is 28.5 Å². The number of carbonyl (C=O) groups is 2. The van der Waals surface area contributed by atoms with Gasteiger partial charge in [0.05, 0.1) is 17.7 Å². The van der Waals surface area contributed by atoms with Crippen LogP contribution in [-0.4, -0.2) is 70.4 Å². The number of nitrogens with one attached hydrogen (secondary N) is 1. The van der Waals surface area contributed by atoms with E-state index in [1.807, 2.05) is 53.0 Å². The number of amides is 1. The highest BCUT2D eigenvalue weighted by atomic mass is 32.2. The van der Waals surface area contributed by atoms with Gasteiger partial charge in [-0.2, -0.15) is 13.0 Å². The molecule has 0 radical (unpaired) electrons. The Morgan fingerprint density at radius 2 is 1.58 bits per heavy atom. The highest BCUT2D eigenvalue weighted by Gasteiger charge is 2.67. The fourth-order valence-corrected chi connectivity index (χ4v) is 9.08. The van der Waals surface area contributed by atoms with Crippen LogP contribution in [0.3, 0.4) is 0 Å². The zero-order valence-electron chi connectivity index (χ0n) is 32.1. The molecule has 17 heteroatoms. The van der Waals surface area contributed by atoms with E-state index in [9.17, 15) is 27.6 Å². The zero-order valence-corrected chi connectivity index (χ0v) is 34.9. The lowest BCUT2D eigenvalue weighted by atomic mass is 9.89. The number of carbonyl (C=O) groups excluding carboxylic acids is 2. The molecule has 4 rings (SSSR count). The molecule has 1 aromatic carbocycles. The van der Waals surface area contributed by atoms with Gasteiger partial charge in [-0.25, -0.2) is 8.98 Å². The molecule has 1 spiro atoms. The van der Waals surface area contributed by atoms with Gasteiger partial charge in [0.1, 0.15) is 12.2 Å². The summed E-state index contributed by atoms with van der Waals surface area (Å²) in [7, 11) is -9.60. The van der Waals surface area contributed by atoms with Crippen LogP contribution in [0.5, 0.6) is 0 Å². The minimum Gasteiger partial charge on any atom is -0.414 e. The van der Waals surface area contributed by atoms with Gasteiger partial charge in [-0.1, -0.05) is 59.7 Å². The Hall–Kier alpha value is -3.20. The van der Waals surface area contributed by atoms with E-state index in [0.29, 0.717) is 10.3 Å². The van der Waals surface area contributed by atoms with Crippen molar-refractivity contribution in [3.63, 3.8) is 0 Å². The smallest absolute Gasteiger partial charge is 0.340 e. The highest BCUT2D eigenvalue weighted by molar-refractivity contribution is 7.90. The van der Waals surface area contributed by atoms with Crippen LogP contribution in [0.1, 0.15) is 77.4 Å². The third-order valence-electron chi connectivity index (χ3n) is 10.7. The molecule has 0 saturated carbocycles. The molecular formula is C35H54N4O10SSi2. The van der Waals surface area contributed by atoms with Crippen molar-refractivity contribution in [3.8, 4) is 0 Å². The van der Waals surface area contributed by atoms with Gasteiger partial charge in [-0.05, 0) is 61.7 Å². The van der Waals surface area contributed by atoms with Crippen LogP contribution in [0.25, 0.3) is 0 Å². The monoisotopic (exact) mass is 778 g/mol. The summed E-state index contributed by atoms with van der Waals surface area (Å²) in [6.07, 6.45) is -2.87. The van der Waals surface area contributed by atoms with Crippen molar-refractivity contribution >= 4 is 44.3 Å². The van der Waals surface area contributed by atoms with Crippen LogP contribution in [0.4, 0.5) is 5.69 Å². The van der Waals surface area contributed by atoms with Crippen molar-refractivity contribution in [2.75, 3.05) is 11.9 Å². The zero-order chi connectivity index (χ0) is 39.2. The lowest BCUT2D eigenvalue weighted by Gasteiger charge is -2.43. The van der Waals surface area contributed by atoms with Crippen molar-refractivity contribution < 1.29 is 35.8 Å². The Balaban J connectivity index is 1.78. The van der Waals surface area contributed by atoms with Gasteiger partial charge < -0.3 is 24.6 Å². The number of benzene rings is 1. The van der Waals surface area contributed by atoms with E-state index in [4.69, 9.17) is 23.5 Å². The molecule has 1 saturated heterocycles. The molecule has 288 valence electrons. The van der Waals surface area contributed by atoms with Gasteiger partial charge >= 0.3 is 5.69 Å². The van der Waals surface area contributed by atoms with E-state index in [1.54, 1.807) is 24.3 Å². The van der Waals surface area contributed by atoms with Crippen molar-refractivity contribution in [3.05, 3.63) is 74.0 Å². The van der Waals surface area contributed by atoms with Crippen molar-refractivity contribution in [2.45, 2.75) is 128 Å². The van der Waals surface area contributed by atoms with Crippen LogP contribution >= 0.6 is 0 Å². The third kappa shape index (κ3) is 8.29. The average molecular weight is 779 g/mol. The Morgan fingerprint density at radius 3 is 2.12 bits per heavy atom. The lowest BCUT2D eigenvalue weighted by molar-refractivity contribution is -0.116. The van der Waals surface area contributed by atoms with E-state index in [2.05, 4.69) is 26.1 Å². The second-order valence-electron chi connectivity index (χ2n) is 16.6. The maximum absolute atomic E-state index is 14.3. The Morgan fingerprint density at radius 1 is 0.981 bits per heavy atom. The van der Waals surface area contributed by atoms with Crippen LogP contribution < -0.4 is 22.3 Å². The van der Waals surface area contributed by atoms with Gasteiger partial charge in [0.25, 0.3) is 15.7 Å². The first kappa shape index (κ1) is 41.6. The molecule has 1 amide bonds. The van der Waals surface area contributed by atoms with Gasteiger partial charge in [-0.3, -0.25) is 19.0 Å². The quantitative estimate of drug-likeness (QED) is 0.232. The number of rotatable bonds is 11. The molecule has 1 aromatic heterocycles. The molecule has 0 unspecified atom stereocenters. The molecule has 3 N–H and O–H groups in total. The first-order valence-corrected chi connectivity index (χ1v) is 24.7. The SMILES string of the molecule is Cc1cn([C@@H]2O[C@H](CO[Si](C)(C)C(C)(C)C)[C@@]3(OS(=O)(=O)C=C3N)[C@H]2O[Si](C)(C)C(C)(C)C)c(=O)n(C(=O)CCCC(=O)Nc2ccccc2)c1=O. The topological polar surface area (TPSA) is 187 Å². The molecule has 2 aliphatic heterocycles. The summed E-state index contributed by atoms with van der Waals surface area (Å²) in [6.45, 7) is 21.4. The molecule has 0 aliphatic carbocycles. The summed E-state index contributed by atoms with van der Waals surface area (Å²) in [6, 6.07) is 8.83. The number of para-hydroxylation sites is 1. The Bertz CT molecular complexity index is 1950. The number of nitrogens with zero attached hydrogens (tertiary/aromatic N) is 2. The summed E-state index contributed by atoms with van der Waals surface area (Å²) in [5.74, 6) is -1.14. The van der Waals surface area contributed by atoms with Crippen LogP contribution in [-0.2, 0) is 32.7 Å². The molecule has 14 nitrogen and oxygen atoms in total. The van der Waals surface area contributed by atoms with Crippen LogP contribution in [0.2, 0.25) is 36.3 Å². The number of aryl methyl sites for hydroxylation is 1. The maximum Gasteiger partial charge on any atom is 0.340 e. The summed E-state index contributed by atoms with van der Waals surface area (Å²) in [5, 5.41) is 2.96. The molecule has 4 atom stereocenters. The number of ether oxygens (including phenoxy) is 1. The fraction of sp³-hybridized carbons (Fsp3) is 0.600. The van der Waals surface area contributed by atoms with Gasteiger partial charge in [-0.15, -0.1) is 0 Å². The molecule has 2 aliphatic rings. The lowest BCUT2D eigenvalue weighted by Crippen LogP contribution is -2.59. The van der Waals surface area contributed by atoms with E-state index in [1.165, 1.54) is 13.1 Å². The van der Waals surface area contributed by atoms with Crippen LogP contribution in [0.15, 0.2) is 57.2 Å². The molecular weight excluding hydrogens is 725 g/mol. The summed E-state index contributed by atoms with van der Waals surface area (Å²) >= 11 is 0. The number of aromatic nitrogens is 2. The minimum absolute atomic E-state index is 0.0284. The van der Waals surface area contributed by atoms with Crippen molar-refractivity contribution in [1.29, 1.82) is 0 Å². The molecule has 2 aromatic rings. The number of nitrogens with two attached hydrogens (primary N) is 1. The Labute approximate surface area is 308 Å². The predicted molar refractivity (Wildman–Crippen MR) is 203 cm³/mol. The predicted octanol–water partition coefficient (Wildman–Crippen LogP) is 4.98. The molecule has 52 heavy (non-hydrogen) atoms. The highest BCUT2D eigenvalue weighted by Crippen LogP contribution is 2.52. The first-order chi connectivity index (χ1) is 23.7. The molecule has 1 fully saturated rings. The first-order valence-electron chi connectivity index (χ1n) is 17.4. The van der Waals surface area contributed by atoms with Gasteiger partial charge in [0, 0.05) is 30.3 Å². The minimum atomic E-state index is -4.32. The van der Waals surface area contributed by atoms with Crippen molar-refractivity contribution in [1.82, 2.24) is 9.13 Å². The summed E-state index contributed by atoms with van der Waals surface area (Å²) < 4.78 is 53.7. The van der Waals surface area contributed by atoms with E-state index in [0.717, 1.165) is 9.98 Å². The van der Waals surface area contributed by atoms with Crippen LogP contribution in [0, 0.1) is 6.92 Å². The van der Waals surface area contributed by atoms with E-state index in [-0.39, 0.29) is 48.1 Å². The number of anilines is 1. The largest absolute Gasteiger partial charge is 0.414 e. The summed E-state index contributed by atoms with van der Waals surface area (Å²) in [4.78, 5) is 53.7. The maximum atomic E-state index is 14.3. The second-order valence-corrected chi connectivity index (χ2v) is 27.6.